The van der Waals surface area contributed by atoms with Crippen molar-refractivity contribution in [2.24, 2.45) is 5.92 Å². The molecule has 2 aromatic rings. The average molecular weight is 441 g/mol. The minimum atomic E-state index is -4.76. The SMILES string of the molecule is CC(=O)C(CC(C)C)NC(Cc1cncn1Cc1ccc(OC(F)(F)F)cc1)C(=O)O. The first kappa shape index (κ1) is 24.4. The number of carboxylic acids is 1. The first-order valence-electron chi connectivity index (χ1n) is 9.77. The van der Waals surface area contributed by atoms with E-state index in [1.54, 1.807) is 4.57 Å². The number of ketones is 1. The number of hydrogen-bond acceptors (Lipinski definition) is 5. The van der Waals surface area contributed by atoms with Crippen LogP contribution in [0.4, 0.5) is 13.2 Å². The number of halogens is 3. The molecule has 2 unspecified atom stereocenters. The van der Waals surface area contributed by atoms with Crippen LogP contribution in [0, 0.1) is 5.92 Å². The largest absolute Gasteiger partial charge is 0.573 e. The number of nitrogens with one attached hydrogen (secondary N) is 1. The van der Waals surface area contributed by atoms with Crippen molar-refractivity contribution in [3.63, 3.8) is 0 Å². The van der Waals surface area contributed by atoms with Gasteiger partial charge in [0.15, 0.2) is 0 Å². The number of benzene rings is 1. The third kappa shape index (κ3) is 8.05. The number of carbonyl (C=O) groups excluding carboxylic acids is 1. The Morgan fingerprint density at radius 1 is 1.19 bits per heavy atom. The molecule has 0 saturated carbocycles. The van der Waals surface area contributed by atoms with Gasteiger partial charge in [0.1, 0.15) is 17.6 Å². The van der Waals surface area contributed by atoms with Gasteiger partial charge in [-0.3, -0.25) is 14.9 Å². The molecule has 0 amide bonds. The fraction of sp³-hybridized carbons (Fsp3) is 0.476. The number of alkyl halides is 3. The lowest BCUT2D eigenvalue weighted by molar-refractivity contribution is -0.274. The van der Waals surface area contributed by atoms with Gasteiger partial charge in [0.05, 0.1) is 12.4 Å². The molecule has 170 valence electrons. The zero-order chi connectivity index (χ0) is 23.2. The van der Waals surface area contributed by atoms with Crippen LogP contribution in [-0.4, -0.2) is 44.9 Å². The number of ether oxygens (including phenoxy) is 1. The summed E-state index contributed by atoms with van der Waals surface area (Å²) < 4.78 is 42.4. The number of carboxylic acid groups (broad SMARTS) is 1. The van der Waals surface area contributed by atoms with Gasteiger partial charge >= 0.3 is 12.3 Å². The highest BCUT2D eigenvalue weighted by molar-refractivity contribution is 5.83. The number of rotatable bonds is 11. The Labute approximate surface area is 178 Å². The Kier molecular flexibility index (Phi) is 8.21. The summed E-state index contributed by atoms with van der Waals surface area (Å²) in [6.07, 6.45) is -1.10. The molecule has 7 nitrogen and oxygen atoms in total. The first-order valence-corrected chi connectivity index (χ1v) is 9.77. The summed E-state index contributed by atoms with van der Waals surface area (Å²) in [7, 11) is 0. The Morgan fingerprint density at radius 3 is 2.35 bits per heavy atom. The number of imidazole rings is 1. The van der Waals surface area contributed by atoms with Crippen LogP contribution >= 0.6 is 0 Å². The van der Waals surface area contributed by atoms with Gasteiger partial charge in [-0.1, -0.05) is 26.0 Å². The maximum Gasteiger partial charge on any atom is 0.573 e. The van der Waals surface area contributed by atoms with Gasteiger partial charge in [0.2, 0.25) is 0 Å². The van der Waals surface area contributed by atoms with Crippen molar-refractivity contribution in [3.05, 3.63) is 48.0 Å². The Hall–Kier alpha value is -2.88. The van der Waals surface area contributed by atoms with Crippen LogP contribution in [-0.2, 0) is 22.6 Å². The van der Waals surface area contributed by atoms with Crippen LogP contribution in [0.5, 0.6) is 5.75 Å². The first-order chi connectivity index (χ1) is 14.4. The van der Waals surface area contributed by atoms with Gasteiger partial charge in [0.25, 0.3) is 0 Å². The van der Waals surface area contributed by atoms with Gasteiger partial charge in [-0.2, -0.15) is 0 Å². The second-order valence-corrected chi connectivity index (χ2v) is 7.76. The van der Waals surface area contributed by atoms with E-state index in [4.69, 9.17) is 0 Å². The summed E-state index contributed by atoms with van der Waals surface area (Å²) in [6, 6.07) is 3.84. The van der Waals surface area contributed by atoms with E-state index in [9.17, 15) is 27.9 Å². The fourth-order valence-electron chi connectivity index (χ4n) is 3.15. The van der Waals surface area contributed by atoms with E-state index >= 15 is 0 Å². The maximum atomic E-state index is 12.3. The Bertz CT molecular complexity index is 879. The van der Waals surface area contributed by atoms with E-state index in [1.807, 2.05) is 13.8 Å². The van der Waals surface area contributed by atoms with Crippen LogP contribution in [0.1, 0.15) is 38.4 Å². The fourth-order valence-corrected chi connectivity index (χ4v) is 3.15. The Morgan fingerprint density at radius 2 is 1.84 bits per heavy atom. The van der Waals surface area contributed by atoms with E-state index in [-0.39, 0.29) is 30.4 Å². The van der Waals surface area contributed by atoms with Crippen molar-refractivity contribution in [3.8, 4) is 5.75 Å². The van der Waals surface area contributed by atoms with E-state index in [1.165, 1.54) is 43.7 Å². The summed E-state index contributed by atoms with van der Waals surface area (Å²) in [5.41, 5.74) is 1.30. The smallest absolute Gasteiger partial charge is 0.480 e. The van der Waals surface area contributed by atoms with Gasteiger partial charge in [-0.05, 0) is 37.0 Å². The van der Waals surface area contributed by atoms with Crippen molar-refractivity contribution >= 4 is 11.8 Å². The van der Waals surface area contributed by atoms with E-state index in [2.05, 4.69) is 15.0 Å². The average Bonchev–Trinajstić information content (AvgIpc) is 3.07. The van der Waals surface area contributed by atoms with E-state index in [0.717, 1.165) is 0 Å². The van der Waals surface area contributed by atoms with Gasteiger partial charge in [-0.25, -0.2) is 4.98 Å². The number of aromatic nitrogens is 2. The molecule has 0 aliphatic rings. The molecule has 0 bridgehead atoms. The molecule has 2 rings (SSSR count). The summed E-state index contributed by atoms with van der Waals surface area (Å²) in [5.74, 6) is -1.32. The molecule has 2 N–H and O–H groups in total. The minimum absolute atomic E-state index is 0.0898. The predicted molar refractivity (Wildman–Crippen MR) is 107 cm³/mol. The molecule has 2 atom stereocenters. The van der Waals surface area contributed by atoms with Crippen LogP contribution < -0.4 is 10.1 Å². The van der Waals surface area contributed by atoms with Crippen molar-refractivity contribution in [2.75, 3.05) is 0 Å². The summed E-state index contributed by atoms with van der Waals surface area (Å²) in [6.45, 7) is 5.62. The molecule has 1 aromatic heterocycles. The van der Waals surface area contributed by atoms with Gasteiger partial charge in [0, 0.05) is 24.9 Å². The van der Waals surface area contributed by atoms with Crippen LogP contribution in [0.25, 0.3) is 0 Å². The molecule has 1 aromatic carbocycles. The number of hydrogen-bond donors (Lipinski definition) is 2. The molecule has 0 saturated heterocycles. The molecule has 0 aliphatic heterocycles. The van der Waals surface area contributed by atoms with Crippen molar-refractivity contribution in [2.45, 2.75) is 58.6 Å². The maximum absolute atomic E-state index is 12.3. The highest BCUT2D eigenvalue weighted by atomic mass is 19.4. The molecular formula is C21H26F3N3O4. The highest BCUT2D eigenvalue weighted by Gasteiger charge is 2.31. The monoisotopic (exact) mass is 441 g/mol. The van der Waals surface area contributed by atoms with E-state index < -0.39 is 24.4 Å². The summed E-state index contributed by atoms with van der Waals surface area (Å²) in [5, 5.41) is 12.6. The zero-order valence-corrected chi connectivity index (χ0v) is 17.5. The Balaban J connectivity index is 2.10. The molecule has 0 radical (unpaired) electrons. The van der Waals surface area contributed by atoms with Crippen molar-refractivity contribution in [1.29, 1.82) is 0 Å². The lowest BCUT2D eigenvalue weighted by Crippen LogP contribution is -2.48. The normalized spacial score (nSPS) is 13.8. The van der Waals surface area contributed by atoms with Crippen LogP contribution in [0.15, 0.2) is 36.8 Å². The molecule has 0 spiro atoms. The molecule has 1 heterocycles. The van der Waals surface area contributed by atoms with Crippen molar-refractivity contribution in [1.82, 2.24) is 14.9 Å². The third-order valence-electron chi connectivity index (χ3n) is 4.62. The second-order valence-electron chi connectivity index (χ2n) is 7.76. The topological polar surface area (TPSA) is 93.5 Å². The number of aliphatic carboxylic acids is 1. The number of carbonyl (C=O) groups is 2. The zero-order valence-electron chi connectivity index (χ0n) is 17.5. The lowest BCUT2D eigenvalue weighted by Gasteiger charge is -2.23. The molecular weight excluding hydrogens is 415 g/mol. The summed E-state index contributed by atoms with van der Waals surface area (Å²) >= 11 is 0. The molecule has 10 heteroatoms. The number of nitrogens with zero attached hydrogens (tertiary/aromatic N) is 2. The lowest BCUT2D eigenvalue weighted by atomic mass is 9.99. The van der Waals surface area contributed by atoms with Gasteiger partial charge < -0.3 is 14.4 Å². The third-order valence-corrected chi connectivity index (χ3v) is 4.62. The number of Topliss-reactive ketones (excluding diaryl/α,β-unsaturated/α-hetero) is 1. The molecule has 0 fully saturated rings. The summed E-state index contributed by atoms with van der Waals surface area (Å²) in [4.78, 5) is 27.8. The quantitative estimate of drug-likeness (QED) is 0.555. The second kappa shape index (κ2) is 10.4. The highest BCUT2D eigenvalue weighted by Crippen LogP contribution is 2.23. The van der Waals surface area contributed by atoms with Crippen LogP contribution in [0.3, 0.4) is 0 Å². The standard InChI is InChI=1S/C21H26F3N3O4/c1-13(2)8-18(14(3)28)26-19(20(29)30)9-16-10-25-12-27(16)11-15-4-6-17(7-5-15)31-21(22,23)24/h4-7,10,12-13,18-19,26H,8-9,11H2,1-3H3,(H,29,30). The molecule has 31 heavy (non-hydrogen) atoms. The minimum Gasteiger partial charge on any atom is -0.480 e. The van der Waals surface area contributed by atoms with Crippen LogP contribution in [0.2, 0.25) is 0 Å². The predicted octanol–water partition coefficient (Wildman–Crippen LogP) is 3.42. The molecule has 0 aliphatic carbocycles. The van der Waals surface area contributed by atoms with E-state index in [0.29, 0.717) is 17.7 Å². The van der Waals surface area contributed by atoms with Gasteiger partial charge in [-0.15, -0.1) is 13.2 Å². The van der Waals surface area contributed by atoms with Crippen molar-refractivity contribution < 1.29 is 32.6 Å².